The number of anilines is 3. The average molecular weight is 456 g/mol. The minimum absolute atomic E-state index is 0.118. The van der Waals surface area contributed by atoms with E-state index < -0.39 is 11.6 Å². The molecule has 2 aromatic heterocycles. The van der Waals surface area contributed by atoms with Crippen LogP contribution in [-0.2, 0) is 0 Å². The molecule has 2 aliphatic rings. The Labute approximate surface area is 192 Å². The maximum atomic E-state index is 14.4. The summed E-state index contributed by atoms with van der Waals surface area (Å²) in [5, 5.41) is 6.39. The van der Waals surface area contributed by atoms with Crippen LogP contribution < -0.4 is 16.4 Å². The molecule has 0 atom stereocenters. The van der Waals surface area contributed by atoms with Crippen molar-refractivity contribution >= 4 is 28.7 Å². The van der Waals surface area contributed by atoms with Crippen molar-refractivity contribution in [1.29, 1.82) is 0 Å². The first-order valence-electron chi connectivity index (χ1n) is 12.0. The molecule has 4 N–H and O–H groups in total. The van der Waals surface area contributed by atoms with Gasteiger partial charge in [0.1, 0.15) is 22.8 Å². The summed E-state index contributed by atoms with van der Waals surface area (Å²) in [6.07, 6.45) is 11.5. The SMILES string of the molecule is NCC1CCC(n2c(Nc3c(F)cccc3F)nc3cnc(NC4CCCCC4)nc32)CC1. The zero-order valence-corrected chi connectivity index (χ0v) is 18.7. The van der Waals surface area contributed by atoms with Crippen molar-refractivity contribution in [3.8, 4) is 0 Å². The smallest absolute Gasteiger partial charge is 0.224 e. The van der Waals surface area contributed by atoms with Crippen LogP contribution in [0.15, 0.2) is 24.4 Å². The van der Waals surface area contributed by atoms with Gasteiger partial charge in [-0.15, -0.1) is 0 Å². The number of benzene rings is 1. The maximum absolute atomic E-state index is 14.4. The number of aromatic nitrogens is 4. The lowest BCUT2D eigenvalue weighted by Crippen LogP contribution is -2.25. The van der Waals surface area contributed by atoms with E-state index in [1.54, 1.807) is 6.20 Å². The molecule has 2 saturated carbocycles. The number of halogens is 2. The first-order chi connectivity index (χ1) is 16.1. The second kappa shape index (κ2) is 9.59. The topological polar surface area (TPSA) is 93.7 Å². The van der Waals surface area contributed by atoms with Gasteiger partial charge in [0.25, 0.3) is 0 Å². The summed E-state index contributed by atoms with van der Waals surface area (Å²) in [7, 11) is 0. The molecule has 0 bridgehead atoms. The Balaban J connectivity index is 1.52. The molecule has 0 spiro atoms. The van der Waals surface area contributed by atoms with Crippen LogP contribution in [0.25, 0.3) is 11.2 Å². The van der Waals surface area contributed by atoms with Gasteiger partial charge in [0, 0.05) is 12.1 Å². The van der Waals surface area contributed by atoms with E-state index in [4.69, 9.17) is 10.7 Å². The van der Waals surface area contributed by atoms with Crippen LogP contribution in [-0.4, -0.2) is 32.1 Å². The molecule has 7 nitrogen and oxygen atoms in total. The fourth-order valence-electron chi connectivity index (χ4n) is 5.19. The van der Waals surface area contributed by atoms with Gasteiger partial charge in [-0.3, -0.25) is 4.57 Å². The third-order valence-corrected chi connectivity index (χ3v) is 7.09. The summed E-state index contributed by atoms with van der Waals surface area (Å²) >= 11 is 0. The molecular formula is C24H31F2N7. The summed E-state index contributed by atoms with van der Waals surface area (Å²) in [6, 6.07) is 4.31. The fraction of sp³-hybridized carbons (Fsp3) is 0.542. The highest BCUT2D eigenvalue weighted by Crippen LogP contribution is 2.37. The van der Waals surface area contributed by atoms with Gasteiger partial charge >= 0.3 is 0 Å². The molecule has 176 valence electrons. The molecule has 3 aromatic rings. The lowest BCUT2D eigenvalue weighted by molar-refractivity contribution is 0.284. The van der Waals surface area contributed by atoms with Gasteiger partial charge in [-0.1, -0.05) is 25.3 Å². The second-order valence-corrected chi connectivity index (χ2v) is 9.32. The minimum Gasteiger partial charge on any atom is -0.351 e. The number of nitrogens with zero attached hydrogens (tertiary/aromatic N) is 4. The third kappa shape index (κ3) is 4.64. The largest absolute Gasteiger partial charge is 0.351 e. The molecule has 2 fully saturated rings. The molecule has 0 radical (unpaired) electrons. The van der Waals surface area contributed by atoms with E-state index in [0.29, 0.717) is 41.6 Å². The summed E-state index contributed by atoms with van der Waals surface area (Å²) in [5.74, 6) is 0.149. The van der Waals surface area contributed by atoms with Crippen molar-refractivity contribution in [2.45, 2.75) is 69.9 Å². The van der Waals surface area contributed by atoms with Gasteiger partial charge in [-0.25, -0.2) is 18.7 Å². The highest BCUT2D eigenvalue weighted by atomic mass is 19.1. The van der Waals surface area contributed by atoms with Gasteiger partial charge in [-0.2, -0.15) is 4.98 Å². The van der Waals surface area contributed by atoms with E-state index in [2.05, 4.69) is 20.6 Å². The van der Waals surface area contributed by atoms with Crippen LogP contribution >= 0.6 is 0 Å². The number of rotatable bonds is 6. The van der Waals surface area contributed by atoms with Gasteiger partial charge in [0.2, 0.25) is 11.9 Å². The predicted octanol–water partition coefficient (Wildman–Crippen LogP) is 5.28. The number of hydrogen-bond acceptors (Lipinski definition) is 6. The monoisotopic (exact) mass is 455 g/mol. The van der Waals surface area contributed by atoms with Gasteiger partial charge < -0.3 is 16.4 Å². The maximum Gasteiger partial charge on any atom is 0.224 e. The Morgan fingerprint density at radius 3 is 2.39 bits per heavy atom. The third-order valence-electron chi connectivity index (χ3n) is 7.09. The van der Waals surface area contributed by atoms with Gasteiger partial charge in [0.15, 0.2) is 5.65 Å². The number of para-hydroxylation sites is 1. The van der Waals surface area contributed by atoms with E-state index in [-0.39, 0.29) is 11.7 Å². The summed E-state index contributed by atoms with van der Waals surface area (Å²) < 4.78 is 30.8. The van der Waals surface area contributed by atoms with Crippen LogP contribution in [0.5, 0.6) is 0 Å². The fourth-order valence-corrected chi connectivity index (χ4v) is 5.19. The summed E-state index contributed by atoms with van der Waals surface area (Å²) in [5.41, 5.74) is 6.96. The Bertz CT molecular complexity index is 1080. The minimum atomic E-state index is -0.661. The first kappa shape index (κ1) is 22.0. The zero-order valence-electron chi connectivity index (χ0n) is 18.7. The lowest BCUT2D eigenvalue weighted by atomic mass is 9.86. The van der Waals surface area contributed by atoms with Crippen molar-refractivity contribution in [1.82, 2.24) is 19.5 Å². The Kier molecular flexibility index (Phi) is 6.39. The quantitative estimate of drug-likeness (QED) is 0.468. The van der Waals surface area contributed by atoms with E-state index in [1.807, 2.05) is 4.57 Å². The van der Waals surface area contributed by atoms with E-state index in [1.165, 1.54) is 37.5 Å². The van der Waals surface area contributed by atoms with Crippen LogP contribution in [0, 0.1) is 17.6 Å². The normalized spacial score (nSPS) is 21.9. The average Bonchev–Trinajstić information content (AvgIpc) is 3.19. The van der Waals surface area contributed by atoms with Crippen LogP contribution in [0.3, 0.4) is 0 Å². The lowest BCUT2D eigenvalue weighted by Gasteiger charge is -2.30. The van der Waals surface area contributed by atoms with Crippen molar-refractivity contribution in [2.24, 2.45) is 11.7 Å². The molecule has 5 rings (SSSR count). The second-order valence-electron chi connectivity index (χ2n) is 9.32. The zero-order chi connectivity index (χ0) is 22.8. The number of nitrogens with two attached hydrogens (primary N) is 1. The molecule has 0 aliphatic heterocycles. The molecule has 1 aromatic carbocycles. The van der Waals surface area contributed by atoms with Crippen molar-refractivity contribution in [2.75, 3.05) is 17.2 Å². The highest BCUT2D eigenvalue weighted by molar-refractivity contribution is 5.76. The van der Waals surface area contributed by atoms with E-state index >= 15 is 0 Å². The molecule has 9 heteroatoms. The standard InChI is InChI=1S/C24H31F2N7/c25-18-7-4-8-19(26)21(18)31-24-30-20-14-28-23(29-16-5-2-1-3-6-16)32-22(20)33(24)17-11-9-15(13-27)10-12-17/h4,7-8,14-17H,1-3,5-6,9-13,27H2,(H,30,31)(H,28,29,32). The van der Waals surface area contributed by atoms with Crippen molar-refractivity contribution in [3.63, 3.8) is 0 Å². The van der Waals surface area contributed by atoms with Gasteiger partial charge in [-0.05, 0) is 63.1 Å². The van der Waals surface area contributed by atoms with E-state index in [9.17, 15) is 8.78 Å². The highest BCUT2D eigenvalue weighted by Gasteiger charge is 2.27. The van der Waals surface area contributed by atoms with E-state index in [0.717, 1.165) is 38.5 Å². The number of fused-ring (bicyclic) bond motifs is 1. The summed E-state index contributed by atoms with van der Waals surface area (Å²) in [4.78, 5) is 13.9. The Morgan fingerprint density at radius 1 is 0.970 bits per heavy atom. The molecule has 33 heavy (non-hydrogen) atoms. The first-order valence-corrected chi connectivity index (χ1v) is 12.0. The number of nitrogens with one attached hydrogen (secondary N) is 2. The molecule has 2 heterocycles. The molecular weight excluding hydrogens is 424 g/mol. The van der Waals surface area contributed by atoms with Crippen LogP contribution in [0.1, 0.15) is 63.8 Å². The Hall–Kier alpha value is -2.81. The molecule has 0 unspecified atom stereocenters. The van der Waals surface area contributed by atoms with Crippen molar-refractivity contribution < 1.29 is 8.78 Å². The Morgan fingerprint density at radius 2 is 1.70 bits per heavy atom. The number of hydrogen-bond donors (Lipinski definition) is 3. The van der Waals surface area contributed by atoms with Crippen LogP contribution in [0.2, 0.25) is 0 Å². The number of imidazole rings is 1. The molecule has 0 amide bonds. The predicted molar refractivity (Wildman–Crippen MR) is 126 cm³/mol. The van der Waals surface area contributed by atoms with Crippen LogP contribution in [0.4, 0.5) is 26.4 Å². The molecule has 0 saturated heterocycles. The summed E-state index contributed by atoms with van der Waals surface area (Å²) in [6.45, 7) is 0.681. The van der Waals surface area contributed by atoms with Crippen molar-refractivity contribution in [3.05, 3.63) is 36.0 Å². The van der Waals surface area contributed by atoms with Gasteiger partial charge in [0.05, 0.1) is 6.20 Å². The molecule has 2 aliphatic carbocycles.